The van der Waals surface area contributed by atoms with E-state index >= 15 is 0 Å². The molecule has 0 bridgehead atoms. The van der Waals surface area contributed by atoms with Crippen LogP contribution in [0.1, 0.15) is 36.5 Å². The predicted octanol–water partition coefficient (Wildman–Crippen LogP) is 2.88. The van der Waals surface area contributed by atoms with E-state index < -0.39 is 0 Å². The van der Waals surface area contributed by atoms with Crippen molar-refractivity contribution in [1.29, 1.82) is 0 Å². The number of benzene rings is 1. The molecule has 1 aliphatic rings. The summed E-state index contributed by atoms with van der Waals surface area (Å²) in [5, 5.41) is 3.48. The Balaban J connectivity index is 2.10. The van der Waals surface area contributed by atoms with Gasteiger partial charge in [0.05, 0.1) is 0 Å². The molecule has 0 amide bonds. The van der Waals surface area contributed by atoms with E-state index in [1.165, 1.54) is 42.6 Å². The molecular weight excluding hydrogens is 220 g/mol. The summed E-state index contributed by atoms with van der Waals surface area (Å²) in [6.45, 7) is 11.4. The first-order chi connectivity index (χ1) is 8.72. The summed E-state index contributed by atoms with van der Waals surface area (Å²) in [5.41, 5.74) is 4.37. The first kappa shape index (κ1) is 13.6. The van der Waals surface area contributed by atoms with Crippen molar-refractivity contribution in [1.82, 2.24) is 10.2 Å². The number of rotatable bonds is 5. The third-order valence-electron chi connectivity index (χ3n) is 4.15. The summed E-state index contributed by atoms with van der Waals surface area (Å²) in [6.07, 6.45) is 2.53. The van der Waals surface area contributed by atoms with Crippen LogP contribution in [0.3, 0.4) is 0 Å². The average molecular weight is 246 g/mol. The van der Waals surface area contributed by atoms with E-state index in [9.17, 15) is 0 Å². The van der Waals surface area contributed by atoms with Gasteiger partial charge in [0, 0.05) is 19.1 Å². The highest BCUT2D eigenvalue weighted by Crippen LogP contribution is 2.18. The fraction of sp³-hybridized carbons (Fsp3) is 0.625. The van der Waals surface area contributed by atoms with Gasteiger partial charge in [-0.25, -0.2) is 0 Å². The normalized spacial score (nSPS) is 19.7. The fourth-order valence-corrected chi connectivity index (χ4v) is 2.83. The Morgan fingerprint density at radius 2 is 2.17 bits per heavy atom. The molecule has 1 aliphatic heterocycles. The van der Waals surface area contributed by atoms with Crippen LogP contribution in [-0.2, 0) is 6.54 Å². The number of nitrogens with zero attached hydrogens (tertiary/aromatic N) is 1. The minimum absolute atomic E-state index is 0.727. The van der Waals surface area contributed by atoms with Gasteiger partial charge in [-0.05, 0) is 56.5 Å². The maximum Gasteiger partial charge on any atom is 0.0239 e. The van der Waals surface area contributed by atoms with Crippen molar-refractivity contribution < 1.29 is 0 Å². The second-order valence-electron chi connectivity index (χ2n) is 5.48. The van der Waals surface area contributed by atoms with Gasteiger partial charge in [-0.15, -0.1) is 0 Å². The lowest BCUT2D eigenvalue weighted by molar-refractivity contribution is 0.199. The van der Waals surface area contributed by atoms with Crippen LogP contribution >= 0.6 is 0 Å². The molecule has 0 unspecified atom stereocenters. The van der Waals surface area contributed by atoms with Crippen molar-refractivity contribution in [3.05, 3.63) is 34.9 Å². The van der Waals surface area contributed by atoms with Crippen LogP contribution in [0, 0.1) is 13.8 Å². The summed E-state index contributed by atoms with van der Waals surface area (Å²) >= 11 is 0. The van der Waals surface area contributed by atoms with E-state index in [0.29, 0.717) is 0 Å². The molecule has 2 nitrogen and oxygen atoms in total. The molecule has 1 N–H and O–H groups in total. The first-order valence-electron chi connectivity index (χ1n) is 7.22. The Kier molecular flexibility index (Phi) is 4.79. The van der Waals surface area contributed by atoms with Gasteiger partial charge in [0.1, 0.15) is 0 Å². The zero-order chi connectivity index (χ0) is 13.0. The largest absolute Gasteiger partial charge is 0.315 e. The molecule has 0 aromatic heterocycles. The zero-order valence-corrected chi connectivity index (χ0v) is 12.0. The third kappa shape index (κ3) is 3.12. The second-order valence-corrected chi connectivity index (χ2v) is 5.48. The van der Waals surface area contributed by atoms with Gasteiger partial charge in [-0.3, -0.25) is 4.90 Å². The Bertz CT molecular complexity index is 381. The molecule has 0 radical (unpaired) electrons. The van der Waals surface area contributed by atoms with E-state index in [4.69, 9.17) is 0 Å². The van der Waals surface area contributed by atoms with E-state index in [1.807, 2.05) is 0 Å². The summed E-state index contributed by atoms with van der Waals surface area (Å²) in [5.74, 6) is 0. The van der Waals surface area contributed by atoms with E-state index in [-0.39, 0.29) is 0 Å². The lowest BCUT2D eigenvalue weighted by Gasteiger charge is -2.28. The van der Waals surface area contributed by atoms with Gasteiger partial charge in [0.2, 0.25) is 0 Å². The molecule has 1 fully saturated rings. The number of nitrogens with one attached hydrogen (secondary N) is 1. The average Bonchev–Trinajstić information content (AvgIpc) is 2.88. The van der Waals surface area contributed by atoms with Crippen molar-refractivity contribution in [2.24, 2.45) is 0 Å². The topological polar surface area (TPSA) is 15.3 Å². The molecule has 0 spiro atoms. The summed E-state index contributed by atoms with van der Waals surface area (Å²) < 4.78 is 0. The van der Waals surface area contributed by atoms with Gasteiger partial charge in [0.25, 0.3) is 0 Å². The molecule has 2 rings (SSSR count). The molecule has 100 valence electrons. The Labute approximate surface area is 111 Å². The van der Waals surface area contributed by atoms with Crippen LogP contribution in [0.25, 0.3) is 0 Å². The minimum Gasteiger partial charge on any atom is -0.315 e. The molecular formula is C16H26N2. The van der Waals surface area contributed by atoms with E-state index in [2.05, 4.69) is 49.2 Å². The highest BCUT2D eigenvalue weighted by atomic mass is 15.2. The molecule has 0 aliphatic carbocycles. The summed E-state index contributed by atoms with van der Waals surface area (Å²) in [7, 11) is 0. The zero-order valence-electron chi connectivity index (χ0n) is 12.0. The Hall–Kier alpha value is -0.860. The van der Waals surface area contributed by atoms with Crippen LogP contribution in [-0.4, -0.2) is 30.6 Å². The molecule has 1 heterocycles. The van der Waals surface area contributed by atoms with Crippen molar-refractivity contribution >= 4 is 0 Å². The Morgan fingerprint density at radius 1 is 1.33 bits per heavy atom. The van der Waals surface area contributed by atoms with Crippen molar-refractivity contribution in [3.8, 4) is 0 Å². The van der Waals surface area contributed by atoms with Crippen LogP contribution in [0.5, 0.6) is 0 Å². The quantitative estimate of drug-likeness (QED) is 0.859. The molecule has 1 aromatic rings. The van der Waals surface area contributed by atoms with E-state index in [1.54, 1.807) is 0 Å². The third-order valence-corrected chi connectivity index (χ3v) is 4.15. The SMILES string of the molecule is CCCN(Cc1cccc(C)c1C)[C@H]1CCNC1. The van der Waals surface area contributed by atoms with Gasteiger partial charge >= 0.3 is 0 Å². The minimum atomic E-state index is 0.727. The maximum absolute atomic E-state index is 3.48. The number of hydrogen-bond donors (Lipinski definition) is 1. The molecule has 1 atom stereocenters. The summed E-state index contributed by atoms with van der Waals surface area (Å²) in [4.78, 5) is 2.65. The van der Waals surface area contributed by atoms with Crippen molar-refractivity contribution in [3.63, 3.8) is 0 Å². The fourth-order valence-electron chi connectivity index (χ4n) is 2.83. The highest BCUT2D eigenvalue weighted by molar-refractivity contribution is 5.33. The second kappa shape index (κ2) is 6.35. The standard InChI is InChI=1S/C16H26N2/c1-4-10-18(16-8-9-17-11-16)12-15-7-5-6-13(2)14(15)3/h5-7,16-17H,4,8-12H2,1-3H3/t16-/m0/s1. The maximum atomic E-state index is 3.48. The smallest absolute Gasteiger partial charge is 0.0239 e. The van der Waals surface area contributed by atoms with Crippen LogP contribution in [0.2, 0.25) is 0 Å². The number of hydrogen-bond acceptors (Lipinski definition) is 2. The van der Waals surface area contributed by atoms with Gasteiger partial charge in [-0.1, -0.05) is 25.1 Å². The van der Waals surface area contributed by atoms with E-state index in [0.717, 1.165) is 19.1 Å². The van der Waals surface area contributed by atoms with Crippen molar-refractivity contribution in [2.45, 2.75) is 46.2 Å². The highest BCUT2D eigenvalue weighted by Gasteiger charge is 2.22. The first-order valence-corrected chi connectivity index (χ1v) is 7.22. The Morgan fingerprint density at radius 3 is 2.83 bits per heavy atom. The summed E-state index contributed by atoms with van der Waals surface area (Å²) in [6, 6.07) is 7.41. The molecule has 0 saturated carbocycles. The van der Waals surface area contributed by atoms with Gasteiger partial charge in [-0.2, -0.15) is 0 Å². The van der Waals surface area contributed by atoms with Crippen molar-refractivity contribution in [2.75, 3.05) is 19.6 Å². The molecule has 1 saturated heterocycles. The monoisotopic (exact) mass is 246 g/mol. The lowest BCUT2D eigenvalue weighted by atomic mass is 10.0. The molecule has 1 aromatic carbocycles. The predicted molar refractivity (Wildman–Crippen MR) is 77.9 cm³/mol. The van der Waals surface area contributed by atoms with Crippen LogP contribution in [0.15, 0.2) is 18.2 Å². The van der Waals surface area contributed by atoms with Crippen LogP contribution < -0.4 is 5.32 Å². The lowest BCUT2D eigenvalue weighted by Crippen LogP contribution is -2.37. The molecule has 18 heavy (non-hydrogen) atoms. The van der Waals surface area contributed by atoms with Gasteiger partial charge < -0.3 is 5.32 Å². The molecule has 2 heteroatoms. The van der Waals surface area contributed by atoms with Crippen LogP contribution in [0.4, 0.5) is 0 Å². The van der Waals surface area contributed by atoms with Gasteiger partial charge in [0.15, 0.2) is 0 Å². The number of aryl methyl sites for hydroxylation is 1.